The molecule has 0 aliphatic carbocycles. The minimum atomic E-state index is -0.424. The molecule has 0 saturated carbocycles. The highest BCUT2D eigenvalue weighted by Gasteiger charge is 2.10. The normalized spacial score (nSPS) is 11.2. The molecule has 0 heterocycles. The second-order valence-corrected chi connectivity index (χ2v) is 14.2. The third-order valence-corrected chi connectivity index (χ3v) is 9.47. The first-order valence-corrected chi connectivity index (χ1v) is 20.8. The van der Waals surface area contributed by atoms with E-state index in [4.69, 9.17) is 18.9 Å². The molecule has 0 spiro atoms. The SMILES string of the molecule is CCCCCCCCOc1ccc(C(=O)Oc2ccc(C=Nc3ccc(N=Cc4ccc(OC(=O)c5ccc(OCCCCCCCC)cc5)cc4)cc3)cc2)cc1. The van der Waals surface area contributed by atoms with Gasteiger partial charge in [0.25, 0.3) is 0 Å². The Hall–Kier alpha value is -6.02. The molecule has 0 bridgehead atoms. The Labute approximate surface area is 344 Å². The van der Waals surface area contributed by atoms with Crippen LogP contribution in [0.4, 0.5) is 11.4 Å². The zero-order chi connectivity index (χ0) is 40.6. The van der Waals surface area contributed by atoms with Crippen molar-refractivity contribution in [3.05, 3.63) is 144 Å². The van der Waals surface area contributed by atoms with Gasteiger partial charge in [0.2, 0.25) is 0 Å². The van der Waals surface area contributed by atoms with E-state index in [2.05, 4.69) is 23.8 Å². The highest BCUT2D eigenvalue weighted by Crippen LogP contribution is 2.22. The number of benzene rings is 5. The van der Waals surface area contributed by atoms with Crippen molar-refractivity contribution in [1.82, 2.24) is 0 Å². The molecule has 0 fully saturated rings. The number of unbranched alkanes of at least 4 members (excludes halogenated alkanes) is 10. The average Bonchev–Trinajstić information content (AvgIpc) is 3.26. The lowest BCUT2D eigenvalue weighted by Gasteiger charge is -2.08. The molecule has 58 heavy (non-hydrogen) atoms. The number of rotatable bonds is 24. The lowest BCUT2D eigenvalue weighted by molar-refractivity contribution is 0.0725. The van der Waals surface area contributed by atoms with Crippen LogP contribution in [0.15, 0.2) is 131 Å². The maximum Gasteiger partial charge on any atom is 0.343 e. The zero-order valence-electron chi connectivity index (χ0n) is 33.9. The summed E-state index contributed by atoms with van der Waals surface area (Å²) in [5, 5.41) is 0. The average molecular weight is 781 g/mol. The summed E-state index contributed by atoms with van der Waals surface area (Å²) in [6.07, 6.45) is 18.1. The van der Waals surface area contributed by atoms with Crippen molar-refractivity contribution in [1.29, 1.82) is 0 Å². The fourth-order valence-corrected chi connectivity index (χ4v) is 6.02. The number of esters is 2. The summed E-state index contributed by atoms with van der Waals surface area (Å²) in [5.74, 6) is 1.56. The van der Waals surface area contributed by atoms with E-state index in [1.165, 1.54) is 64.2 Å². The molecule has 8 heteroatoms. The molecular weight excluding hydrogens is 725 g/mol. The molecule has 0 aliphatic heterocycles. The lowest BCUT2D eigenvalue weighted by Crippen LogP contribution is -2.08. The minimum absolute atomic E-state index is 0.424. The van der Waals surface area contributed by atoms with Gasteiger partial charge in [0.15, 0.2) is 0 Å². The number of nitrogens with zero attached hydrogens (tertiary/aromatic N) is 2. The topological polar surface area (TPSA) is 95.8 Å². The van der Waals surface area contributed by atoms with Crippen LogP contribution < -0.4 is 18.9 Å². The minimum Gasteiger partial charge on any atom is -0.494 e. The summed E-state index contributed by atoms with van der Waals surface area (Å²) < 4.78 is 22.8. The Bertz CT molecular complexity index is 1860. The van der Waals surface area contributed by atoms with E-state index < -0.39 is 11.9 Å². The molecule has 0 atom stereocenters. The van der Waals surface area contributed by atoms with E-state index >= 15 is 0 Å². The van der Waals surface area contributed by atoms with Crippen molar-refractivity contribution in [3.63, 3.8) is 0 Å². The van der Waals surface area contributed by atoms with Crippen LogP contribution in [-0.4, -0.2) is 37.6 Å². The highest BCUT2D eigenvalue weighted by atomic mass is 16.5. The Balaban J connectivity index is 1.01. The van der Waals surface area contributed by atoms with Gasteiger partial charge in [-0.2, -0.15) is 0 Å². The van der Waals surface area contributed by atoms with Crippen LogP contribution in [0.3, 0.4) is 0 Å². The van der Waals surface area contributed by atoms with E-state index in [1.54, 1.807) is 61.0 Å². The van der Waals surface area contributed by atoms with Crippen molar-refractivity contribution in [2.45, 2.75) is 90.9 Å². The smallest absolute Gasteiger partial charge is 0.343 e. The first-order chi connectivity index (χ1) is 28.5. The molecule has 0 saturated heterocycles. The molecule has 5 rings (SSSR count). The first kappa shape index (κ1) is 43.1. The van der Waals surface area contributed by atoms with Crippen LogP contribution in [0.1, 0.15) is 123 Å². The molecule has 0 aromatic heterocycles. The standard InChI is InChI=1S/C50H56N2O6/c1-3-5-7-9-11-13-35-55-45-31-19-41(20-32-45)49(53)57-47-27-15-39(16-28-47)37-51-43-23-25-44(26-24-43)52-38-40-17-29-48(30-18-40)58-50(54)42-21-33-46(34-22-42)56-36-14-12-10-8-6-4-2/h15-34,37-38H,3-14,35-36H2,1-2H3. The monoisotopic (exact) mass is 780 g/mol. The number of carbonyl (C=O) groups excluding carboxylic acids is 2. The van der Waals surface area contributed by atoms with Crippen molar-refractivity contribution < 1.29 is 28.5 Å². The molecule has 0 radical (unpaired) electrons. The maximum absolute atomic E-state index is 12.7. The van der Waals surface area contributed by atoms with Gasteiger partial charge in [-0.1, -0.05) is 78.1 Å². The van der Waals surface area contributed by atoms with Crippen molar-refractivity contribution in [3.8, 4) is 23.0 Å². The van der Waals surface area contributed by atoms with Crippen molar-refractivity contribution in [2.75, 3.05) is 13.2 Å². The second-order valence-electron chi connectivity index (χ2n) is 14.2. The second kappa shape index (κ2) is 24.6. The number of hydrogen-bond acceptors (Lipinski definition) is 8. The zero-order valence-corrected chi connectivity index (χ0v) is 33.9. The Morgan fingerprint density at radius 1 is 0.414 bits per heavy atom. The molecule has 5 aromatic rings. The fraction of sp³-hybridized carbons (Fsp3) is 0.320. The van der Waals surface area contributed by atoms with Crippen LogP contribution in [0.25, 0.3) is 0 Å². The van der Waals surface area contributed by atoms with Crippen molar-refractivity contribution in [2.24, 2.45) is 9.98 Å². The molecule has 0 aliphatic rings. The Morgan fingerprint density at radius 3 is 1.10 bits per heavy atom. The van der Waals surface area contributed by atoms with Gasteiger partial charge in [-0.05, 0) is 145 Å². The van der Waals surface area contributed by atoms with Gasteiger partial charge in [-0.3, -0.25) is 9.98 Å². The van der Waals surface area contributed by atoms with Crippen LogP contribution >= 0.6 is 0 Å². The third kappa shape index (κ3) is 15.5. The summed E-state index contributed by atoms with van der Waals surface area (Å²) in [6, 6.07) is 36.1. The summed E-state index contributed by atoms with van der Waals surface area (Å²) >= 11 is 0. The largest absolute Gasteiger partial charge is 0.494 e. The van der Waals surface area contributed by atoms with E-state index in [0.29, 0.717) is 35.8 Å². The summed E-state index contributed by atoms with van der Waals surface area (Å²) in [6.45, 7) is 5.80. The molecule has 302 valence electrons. The molecular formula is C50H56N2O6. The molecule has 0 unspecified atom stereocenters. The predicted molar refractivity (Wildman–Crippen MR) is 234 cm³/mol. The number of ether oxygens (including phenoxy) is 4. The van der Waals surface area contributed by atoms with E-state index in [-0.39, 0.29) is 0 Å². The number of hydrogen-bond donors (Lipinski definition) is 0. The molecule has 0 amide bonds. The summed E-state index contributed by atoms with van der Waals surface area (Å²) in [4.78, 5) is 34.5. The van der Waals surface area contributed by atoms with Gasteiger partial charge in [-0.25, -0.2) is 9.59 Å². The van der Waals surface area contributed by atoms with Gasteiger partial charge in [0.05, 0.1) is 35.7 Å². The Morgan fingerprint density at radius 2 is 0.741 bits per heavy atom. The van der Waals surface area contributed by atoms with Gasteiger partial charge in [0, 0.05) is 12.4 Å². The van der Waals surface area contributed by atoms with Gasteiger partial charge in [0.1, 0.15) is 23.0 Å². The quantitative estimate of drug-likeness (QED) is 0.0268. The van der Waals surface area contributed by atoms with Gasteiger partial charge >= 0.3 is 11.9 Å². The van der Waals surface area contributed by atoms with E-state index in [1.807, 2.05) is 72.8 Å². The first-order valence-electron chi connectivity index (χ1n) is 20.8. The summed E-state index contributed by atoms with van der Waals surface area (Å²) in [5.41, 5.74) is 4.20. The molecule has 5 aromatic carbocycles. The van der Waals surface area contributed by atoms with Crippen LogP contribution in [-0.2, 0) is 0 Å². The fourth-order valence-electron chi connectivity index (χ4n) is 6.02. The lowest BCUT2D eigenvalue weighted by atomic mass is 10.1. The van der Waals surface area contributed by atoms with Gasteiger partial charge < -0.3 is 18.9 Å². The Kier molecular flexibility index (Phi) is 18.3. The van der Waals surface area contributed by atoms with Crippen molar-refractivity contribution >= 4 is 35.7 Å². The van der Waals surface area contributed by atoms with Crippen LogP contribution in [0, 0.1) is 0 Å². The highest BCUT2D eigenvalue weighted by molar-refractivity contribution is 5.92. The van der Waals surface area contributed by atoms with E-state index in [9.17, 15) is 9.59 Å². The number of aliphatic imine (C=N–C) groups is 2. The predicted octanol–water partition coefficient (Wildman–Crippen LogP) is 13.1. The maximum atomic E-state index is 12.7. The van der Waals surface area contributed by atoms with Crippen LogP contribution in [0.5, 0.6) is 23.0 Å². The molecule has 0 N–H and O–H groups in total. The summed E-state index contributed by atoms with van der Waals surface area (Å²) in [7, 11) is 0. The van der Waals surface area contributed by atoms with Gasteiger partial charge in [-0.15, -0.1) is 0 Å². The third-order valence-electron chi connectivity index (χ3n) is 9.47. The van der Waals surface area contributed by atoms with E-state index in [0.717, 1.165) is 46.8 Å². The molecule has 8 nitrogen and oxygen atoms in total. The van der Waals surface area contributed by atoms with Crippen LogP contribution in [0.2, 0.25) is 0 Å². The number of carbonyl (C=O) groups is 2.